The van der Waals surface area contributed by atoms with E-state index in [2.05, 4.69) is 17.3 Å². The van der Waals surface area contributed by atoms with Gasteiger partial charge in [0.15, 0.2) is 0 Å². The van der Waals surface area contributed by atoms with Gasteiger partial charge in [-0.25, -0.2) is 4.79 Å². The summed E-state index contributed by atoms with van der Waals surface area (Å²) in [5.41, 5.74) is -0.194. The normalized spacial score (nSPS) is 18.7. The summed E-state index contributed by atoms with van der Waals surface area (Å²) >= 11 is 5.93. The number of amides is 1. The van der Waals surface area contributed by atoms with Gasteiger partial charge in [0.05, 0.1) is 0 Å². The van der Waals surface area contributed by atoms with Gasteiger partial charge in [-0.05, 0) is 50.2 Å². The highest BCUT2D eigenvalue weighted by atomic mass is 35.5. The monoisotopic (exact) mass is 320 g/mol. The number of carbonyl (C=O) groups excluding carboxylic acids is 1. The summed E-state index contributed by atoms with van der Waals surface area (Å²) in [6.45, 7) is 2.57. The van der Waals surface area contributed by atoms with E-state index in [0.29, 0.717) is 28.5 Å². The summed E-state index contributed by atoms with van der Waals surface area (Å²) in [5, 5.41) is 3.99. The number of nitrogens with one attached hydrogen (secondary N) is 1. The molecule has 1 N–H and O–H groups in total. The number of likely N-dealkylation sites (tertiary alicyclic amines) is 1. The lowest BCUT2D eigenvalue weighted by molar-refractivity contribution is 0.0944. The Bertz CT molecular complexity index is 772. The van der Waals surface area contributed by atoms with E-state index in [1.165, 1.54) is 6.07 Å². The van der Waals surface area contributed by atoms with Gasteiger partial charge < -0.3 is 14.6 Å². The molecular weight excluding hydrogens is 304 g/mol. The van der Waals surface area contributed by atoms with Crippen LogP contribution in [-0.2, 0) is 0 Å². The molecule has 0 saturated carbocycles. The van der Waals surface area contributed by atoms with Crippen molar-refractivity contribution in [1.29, 1.82) is 0 Å². The SMILES string of the molecule is CN1CC[C@@H](CNC(=O)c2cc3cc(Cl)ccc3oc2=O)C1. The van der Waals surface area contributed by atoms with Gasteiger partial charge in [-0.15, -0.1) is 0 Å². The summed E-state index contributed by atoms with van der Waals surface area (Å²) < 4.78 is 5.17. The fraction of sp³-hybridized carbons (Fsp3) is 0.375. The van der Waals surface area contributed by atoms with Crippen molar-refractivity contribution in [3.63, 3.8) is 0 Å². The zero-order valence-corrected chi connectivity index (χ0v) is 13.0. The highest BCUT2D eigenvalue weighted by molar-refractivity contribution is 6.31. The van der Waals surface area contributed by atoms with Crippen molar-refractivity contribution >= 4 is 28.5 Å². The fourth-order valence-corrected chi connectivity index (χ4v) is 2.96. The molecule has 2 aromatic rings. The van der Waals surface area contributed by atoms with Crippen LogP contribution in [0.15, 0.2) is 33.5 Å². The Balaban J connectivity index is 1.78. The van der Waals surface area contributed by atoms with E-state index in [0.717, 1.165) is 19.5 Å². The first-order valence-corrected chi connectivity index (χ1v) is 7.61. The fourth-order valence-electron chi connectivity index (χ4n) is 2.78. The Labute approximate surface area is 132 Å². The number of hydrogen-bond donors (Lipinski definition) is 1. The summed E-state index contributed by atoms with van der Waals surface area (Å²) in [4.78, 5) is 26.4. The molecule has 0 radical (unpaired) electrons. The smallest absolute Gasteiger partial charge is 0.349 e. The molecule has 1 amide bonds. The largest absolute Gasteiger partial charge is 0.422 e. The maximum absolute atomic E-state index is 12.2. The second kappa shape index (κ2) is 6.10. The molecule has 0 spiro atoms. The Kier molecular flexibility index (Phi) is 4.18. The Hall–Kier alpha value is -1.85. The summed E-state index contributed by atoms with van der Waals surface area (Å²) in [5.74, 6) is 0.0288. The summed E-state index contributed by atoms with van der Waals surface area (Å²) in [6.07, 6.45) is 1.05. The third-order valence-corrected chi connectivity index (χ3v) is 4.21. The van der Waals surface area contributed by atoms with Crippen molar-refractivity contribution in [3.05, 3.63) is 45.3 Å². The molecule has 22 heavy (non-hydrogen) atoms. The first kappa shape index (κ1) is 15.1. The van der Waals surface area contributed by atoms with E-state index < -0.39 is 11.5 Å². The van der Waals surface area contributed by atoms with Crippen LogP contribution in [0.3, 0.4) is 0 Å². The summed E-state index contributed by atoms with van der Waals surface area (Å²) in [6, 6.07) is 6.46. The minimum Gasteiger partial charge on any atom is -0.422 e. The zero-order chi connectivity index (χ0) is 15.7. The second-order valence-corrected chi connectivity index (χ2v) is 6.19. The van der Waals surface area contributed by atoms with Crippen LogP contribution < -0.4 is 10.9 Å². The van der Waals surface area contributed by atoms with Crippen LogP contribution in [0.2, 0.25) is 5.02 Å². The average Bonchev–Trinajstić information content (AvgIpc) is 2.90. The average molecular weight is 321 g/mol. The van der Waals surface area contributed by atoms with E-state index in [9.17, 15) is 9.59 Å². The van der Waals surface area contributed by atoms with Crippen LogP contribution in [0.1, 0.15) is 16.8 Å². The molecule has 3 rings (SSSR count). The third-order valence-electron chi connectivity index (χ3n) is 3.98. The standard InChI is InChI=1S/C16H17ClN2O3/c1-19-5-4-10(9-19)8-18-15(20)13-7-11-6-12(17)2-3-14(11)22-16(13)21/h2-3,6-7,10H,4-5,8-9H2,1H3,(H,18,20)/t10-/m0/s1. The van der Waals surface area contributed by atoms with Crippen LogP contribution >= 0.6 is 11.6 Å². The number of hydrogen-bond acceptors (Lipinski definition) is 4. The zero-order valence-electron chi connectivity index (χ0n) is 12.3. The molecular formula is C16H17ClN2O3. The maximum atomic E-state index is 12.2. The number of nitrogens with zero attached hydrogens (tertiary/aromatic N) is 1. The second-order valence-electron chi connectivity index (χ2n) is 5.76. The molecule has 2 heterocycles. The summed E-state index contributed by atoms with van der Waals surface area (Å²) in [7, 11) is 2.06. The van der Waals surface area contributed by atoms with Gasteiger partial charge in [-0.3, -0.25) is 4.79 Å². The van der Waals surface area contributed by atoms with Gasteiger partial charge in [0.2, 0.25) is 0 Å². The van der Waals surface area contributed by atoms with E-state index in [1.807, 2.05) is 0 Å². The molecule has 1 atom stereocenters. The van der Waals surface area contributed by atoms with Crippen LogP contribution in [0.5, 0.6) is 0 Å². The van der Waals surface area contributed by atoms with Crippen molar-refractivity contribution in [1.82, 2.24) is 10.2 Å². The van der Waals surface area contributed by atoms with Crippen molar-refractivity contribution in [2.45, 2.75) is 6.42 Å². The maximum Gasteiger partial charge on any atom is 0.349 e. The first-order chi connectivity index (χ1) is 10.5. The Morgan fingerprint density at radius 1 is 1.45 bits per heavy atom. The van der Waals surface area contributed by atoms with Gasteiger partial charge in [-0.2, -0.15) is 0 Å². The Morgan fingerprint density at radius 2 is 2.27 bits per heavy atom. The number of carbonyl (C=O) groups is 1. The van der Waals surface area contributed by atoms with E-state index >= 15 is 0 Å². The molecule has 0 aliphatic carbocycles. The van der Waals surface area contributed by atoms with E-state index in [1.54, 1.807) is 18.2 Å². The molecule has 1 aliphatic rings. The molecule has 1 fully saturated rings. The van der Waals surface area contributed by atoms with Gasteiger partial charge in [-0.1, -0.05) is 11.6 Å². The van der Waals surface area contributed by atoms with E-state index in [4.69, 9.17) is 16.0 Å². The number of fused-ring (bicyclic) bond motifs is 1. The van der Waals surface area contributed by atoms with Gasteiger partial charge in [0.25, 0.3) is 5.91 Å². The lowest BCUT2D eigenvalue weighted by Crippen LogP contribution is -2.33. The van der Waals surface area contributed by atoms with Crippen molar-refractivity contribution < 1.29 is 9.21 Å². The first-order valence-electron chi connectivity index (χ1n) is 7.23. The van der Waals surface area contributed by atoms with Crippen LogP contribution in [0.25, 0.3) is 11.0 Å². The van der Waals surface area contributed by atoms with Crippen molar-refractivity contribution in [3.8, 4) is 0 Å². The molecule has 0 unspecified atom stereocenters. The predicted octanol–water partition coefficient (Wildman–Crippen LogP) is 2.13. The molecule has 6 heteroatoms. The molecule has 0 bridgehead atoms. The molecule has 1 saturated heterocycles. The van der Waals surface area contributed by atoms with E-state index in [-0.39, 0.29) is 5.56 Å². The van der Waals surface area contributed by atoms with Gasteiger partial charge in [0.1, 0.15) is 11.1 Å². The van der Waals surface area contributed by atoms with Crippen LogP contribution in [-0.4, -0.2) is 37.5 Å². The lowest BCUT2D eigenvalue weighted by atomic mass is 10.1. The lowest BCUT2D eigenvalue weighted by Gasteiger charge is -2.11. The quantitative estimate of drug-likeness (QED) is 0.880. The molecule has 5 nitrogen and oxygen atoms in total. The van der Waals surface area contributed by atoms with Gasteiger partial charge in [0, 0.05) is 23.5 Å². The minimum atomic E-state index is -0.629. The van der Waals surface area contributed by atoms with Gasteiger partial charge >= 0.3 is 5.63 Å². The number of rotatable bonds is 3. The molecule has 1 aromatic carbocycles. The minimum absolute atomic E-state index is 0.0149. The molecule has 1 aromatic heterocycles. The number of halogens is 1. The predicted molar refractivity (Wildman–Crippen MR) is 85.4 cm³/mol. The van der Waals surface area contributed by atoms with Crippen molar-refractivity contribution in [2.75, 3.05) is 26.7 Å². The Morgan fingerprint density at radius 3 is 3.00 bits per heavy atom. The highest BCUT2D eigenvalue weighted by Gasteiger charge is 2.21. The van der Waals surface area contributed by atoms with Crippen molar-refractivity contribution in [2.24, 2.45) is 5.92 Å². The topological polar surface area (TPSA) is 62.6 Å². The van der Waals surface area contributed by atoms with Crippen LogP contribution in [0, 0.1) is 5.92 Å². The highest BCUT2D eigenvalue weighted by Crippen LogP contribution is 2.19. The number of benzene rings is 1. The molecule has 1 aliphatic heterocycles. The molecule has 116 valence electrons. The van der Waals surface area contributed by atoms with Crippen LogP contribution in [0.4, 0.5) is 0 Å². The third kappa shape index (κ3) is 3.15.